The number of ether oxygens (including phenoxy) is 5. The molecule has 0 amide bonds. The van der Waals surface area contributed by atoms with Gasteiger partial charge in [0.25, 0.3) is 5.60 Å². The number of esters is 3. The van der Waals surface area contributed by atoms with E-state index in [0.29, 0.717) is 10.9 Å². The molecule has 0 bridgehead atoms. The van der Waals surface area contributed by atoms with Crippen LogP contribution in [0.1, 0.15) is 36.0 Å². The van der Waals surface area contributed by atoms with Gasteiger partial charge in [0.05, 0.1) is 37.9 Å². The average Bonchev–Trinajstić information content (AvgIpc) is 3.51. The van der Waals surface area contributed by atoms with E-state index in [1.54, 1.807) is 19.9 Å². The number of carbonyl (C=O) groups excluding carboxylic acids is 3. The molecule has 2 aromatic heterocycles. The van der Waals surface area contributed by atoms with Gasteiger partial charge in [-0.3, -0.25) is 0 Å². The average molecular weight is 609 g/mol. The molecule has 1 aliphatic rings. The number of nitrogen functional groups attached to an aromatic ring is 1. The Bertz CT molecular complexity index is 1430. The van der Waals surface area contributed by atoms with Crippen LogP contribution in [-0.2, 0) is 39.7 Å². The Morgan fingerprint density at radius 2 is 1.76 bits per heavy atom. The quantitative estimate of drug-likeness (QED) is 0.141. The lowest BCUT2D eigenvalue weighted by Gasteiger charge is -2.30. The molecule has 0 unspecified atom stereocenters. The maximum Gasteiger partial charge on any atom is 0.350 e. The number of carbonyl (C=O) groups is 3. The molecule has 42 heavy (non-hydrogen) atoms. The minimum atomic E-state index is -2.35. The van der Waals surface area contributed by atoms with E-state index in [0.717, 1.165) is 0 Å². The van der Waals surface area contributed by atoms with Gasteiger partial charge in [0.15, 0.2) is 12.4 Å². The van der Waals surface area contributed by atoms with Crippen molar-refractivity contribution in [1.82, 2.24) is 14.5 Å². The van der Waals surface area contributed by atoms with Crippen molar-refractivity contribution >= 4 is 46.4 Å². The minimum absolute atomic E-state index is 0.0749. The lowest BCUT2D eigenvalue weighted by molar-refractivity contribution is -0.197. The van der Waals surface area contributed by atoms with Crippen LogP contribution in [0.25, 0.3) is 11.0 Å². The fraction of sp³-hybridized carbons (Fsp3) is 0.444. The molecule has 4 rings (SSSR count). The summed E-state index contributed by atoms with van der Waals surface area (Å²) in [5.41, 5.74) is 4.37. The summed E-state index contributed by atoms with van der Waals surface area (Å²) in [5.74, 6) is -2.61. The van der Waals surface area contributed by atoms with E-state index in [9.17, 15) is 19.5 Å². The molecule has 4 atom stereocenters. The molecule has 1 aromatic carbocycles. The monoisotopic (exact) mass is 608 g/mol. The summed E-state index contributed by atoms with van der Waals surface area (Å²) in [7, 11) is 1.24. The maximum absolute atomic E-state index is 15.4. The highest BCUT2D eigenvalue weighted by atomic mass is 35.5. The summed E-state index contributed by atoms with van der Waals surface area (Å²) >= 11 is 5.93. The second-order valence-corrected chi connectivity index (χ2v) is 9.62. The number of nitrogens with zero attached hydrogens (tertiary/aromatic N) is 3. The van der Waals surface area contributed by atoms with Crippen LogP contribution < -0.4 is 5.73 Å². The first-order valence-corrected chi connectivity index (χ1v) is 13.4. The van der Waals surface area contributed by atoms with Crippen LogP contribution in [0.2, 0.25) is 5.28 Å². The van der Waals surface area contributed by atoms with Crippen LogP contribution in [0.15, 0.2) is 36.5 Å². The van der Waals surface area contributed by atoms with Crippen molar-refractivity contribution in [2.75, 3.05) is 32.7 Å². The standard InChI is InChI=1S/C27H30ClFN4O9/c1-4-39-24(36)27(25(37)40-5-2,12-14-6-8-15(9-7-14)23(35)38-3)41-13-17-19(34)18(29)22(42-17)33-11-10-16-20(30)31-26(28)32-21(16)33/h6-11,17-19,22,34H,4-5,12-13H2,1-3H3,(H2,30,31,32)/t17-,18+,19-,22-/m1/s1. The minimum Gasteiger partial charge on any atom is -0.465 e. The Morgan fingerprint density at radius 3 is 2.36 bits per heavy atom. The Kier molecular flexibility index (Phi) is 9.61. The van der Waals surface area contributed by atoms with Crippen LogP contribution in [0.3, 0.4) is 0 Å². The SMILES string of the molecule is CCOC(=O)C(Cc1ccc(C(=O)OC)cc1)(OC[C@H]1O[C@@H](n2ccc3c(N)nc(Cl)nc32)[C@@H](F)[C@@H]1O)C(=O)OCC. The van der Waals surface area contributed by atoms with Crippen molar-refractivity contribution in [3.63, 3.8) is 0 Å². The molecule has 0 radical (unpaired) electrons. The smallest absolute Gasteiger partial charge is 0.350 e. The number of halogens is 2. The summed E-state index contributed by atoms with van der Waals surface area (Å²) in [6, 6.07) is 7.47. The number of aliphatic hydroxyl groups is 1. The number of rotatable bonds is 11. The summed E-state index contributed by atoms with van der Waals surface area (Å²) in [5, 5.41) is 11.0. The van der Waals surface area contributed by atoms with Gasteiger partial charge in [0, 0.05) is 12.6 Å². The molecule has 1 fully saturated rings. The number of aliphatic hydroxyl groups excluding tert-OH is 1. The van der Waals surface area contributed by atoms with E-state index < -0.39 is 54.7 Å². The second kappa shape index (κ2) is 13.0. The summed E-state index contributed by atoms with van der Waals surface area (Å²) in [6.45, 7) is 2.31. The Labute approximate surface area is 244 Å². The summed E-state index contributed by atoms with van der Waals surface area (Å²) < 4.78 is 43.5. The zero-order valence-corrected chi connectivity index (χ0v) is 23.7. The number of anilines is 1. The van der Waals surface area contributed by atoms with Gasteiger partial charge in [-0.1, -0.05) is 12.1 Å². The largest absolute Gasteiger partial charge is 0.465 e. The normalized spacial score (nSPS) is 20.4. The highest BCUT2D eigenvalue weighted by Crippen LogP contribution is 2.36. The van der Waals surface area contributed by atoms with E-state index in [1.165, 1.54) is 42.1 Å². The number of fused-ring (bicyclic) bond motifs is 1. The molecule has 0 saturated carbocycles. The van der Waals surface area contributed by atoms with Crippen molar-refractivity contribution in [3.8, 4) is 0 Å². The lowest BCUT2D eigenvalue weighted by Crippen LogP contribution is -2.54. The first kappa shape index (κ1) is 31.1. The zero-order valence-electron chi connectivity index (χ0n) is 23.0. The molecular formula is C27H30ClFN4O9. The van der Waals surface area contributed by atoms with Crippen molar-refractivity contribution in [3.05, 3.63) is 52.9 Å². The molecule has 15 heteroatoms. The fourth-order valence-electron chi connectivity index (χ4n) is 4.58. The van der Waals surface area contributed by atoms with Crippen molar-refractivity contribution in [1.29, 1.82) is 0 Å². The molecule has 3 N–H and O–H groups in total. The number of nitrogens with two attached hydrogens (primary N) is 1. The predicted molar refractivity (Wildman–Crippen MR) is 145 cm³/mol. The van der Waals surface area contributed by atoms with E-state index in [2.05, 4.69) is 9.97 Å². The first-order chi connectivity index (χ1) is 20.1. The molecule has 0 spiro atoms. The molecule has 1 aliphatic heterocycles. The van der Waals surface area contributed by atoms with Crippen LogP contribution in [0.5, 0.6) is 0 Å². The van der Waals surface area contributed by atoms with Crippen molar-refractivity contribution in [2.45, 2.75) is 50.5 Å². The fourth-order valence-corrected chi connectivity index (χ4v) is 4.75. The van der Waals surface area contributed by atoms with Gasteiger partial charge in [-0.25, -0.2) is 23.8 Å². The number of alkyl halides is 1. The highest BCUT2D eigenvalue weighted by molar-refractivity contribution is 6.28. The Morgan fingerprint density at radius 1 is 1.12 bits per heavy atom. The van der Waals surface area contributed by atoms with E-state index >= 15 is 4.39 Å². The van der Waals surface area contributed by atoms with Crippen molar-refractivity contribution in [2.24, 2.45) is 0 Å². The number of benzene rings is 1. The predicted octanol–water partition coefficient (Wildman–Crippen LogP) is 2.17. The number of methoxy groups -OCH3 is 1. The molecule has 1 saturated heterocycles. The van der Waals surface area contributed by atoms with Gasteiger partial charge in [0.2, 0.25) is 5.28 Å². The number of aromatic nitrogens is 3. The third kappa shape index (κ3) is 6.02. The molecular weight excluding hydrogens is 579 g/mol. The van der Waals surface area contributed by atoms with Gasteiger partial charge in [0.1, 0.15) is 23.7 Å². The van der Waals surface area contributed by atoms with Gasteiger partial charge in [-0.15, -0.1) is 0 Å². The maximum atomic E-state index is 15.4. The molecule has 3 heterocycles. The zero-order chi connectivity index (χ0) is 30.6. The number of hydrogen-bond donors (Lipinski definition) is 2. The molecule has 3 aromatic rings. The van der Waals surface area contributed by atoms with Crippen LogP contribution in [-0.4, -0.2) is 88.5 Å². The third-order valence-corrected chi connectivity index (χ3v) is 6.84. The summed E-state index contributed by atoms with van der Waals surface area (Å²) in [6.07, 6.45) is -5.30. The second-order valence-electron chi connectivity index (χ2n) is 9.28. The molecule has 13 nitrogen and oxygen atoms in total. The highest BCUT2D eigenvalue weighted by Gasteiger charge is 2.53. The Hall–Kier alpha value is -3.85. The Balaban J connectivity index is 1.62. The van der Waals surface area contributed by atoms with Gasteiger partial charge in [-0.05, 0) is 49.2 Å². The van der Waals surface area contributed by atoms with Gasteiger partial charge in [-0.2, -0.15) is 4.98 Å². The van der Waals surface area contributed by atoms with E-state index in [-0.39, 0.29) is 41.9 Å². The number of hydrogen-bond acceptors (Lipinski definition) is 12. The first-order valence-electron chi connectivity index (χ1n) is 13.0. The van der Waals surface area contributed by atoms with Gasteiger partial charge >= 0.3 is 17.9 Å². The summed E-state index contributed by atoms with van der Waals surface area (Å²) in [4.78, 5) is 46.4. The molecule has 0 aliphatic carbocycles. The van der Waals surface area contributed by atoms with Gasteiger partial charge < -0.3 is 39.1 Å². The third-order valence-electron chi connectivity index (χ3n) is 6.67. The molecule has 226 valence electrons. The lowest BCUT2D eigenvalue weighted by atomic mass is 9.93. The van der Waals surface area contributed by atoms with E-state index in [4.69, 9.17) is 41.0 Å². The van der Waals surface area contributed by atoms with Crippen LogP contribution in [0, 0.1) is 0 Å². The topological polar surface area (TPSA) is 174 Å². The van der Waals surface area contributed by atoms with Crippen molar-refractivity contribution < 1.29 is 47.6 Å². The van der Waals surface area contributed by atoms with Crippen LogP contribution in [0.4, 0.5) is 10.2 Å². The van der Waals surface area contributed by atoms with E-state index in [1.807, 2.05) is 0 Å². The van der Waals surface area contributed by atoms with Crippen LogP contribution >= 0.6 is 11.6 Å².